The van der Waals surface area contributed by atoms with E-state index in [1.165, 1.54) is 0 Å². The third-order valence-electron chi connectivity index (χ3n) is 4.99. The highest BCUT2D eigenvalue weighted by molar-refractivity contribution is 5.69. The molecule has 0 aliphatic heterocycles. The van der Waals surface area contributed by atoms with Gasteiger partial charge in [-0.05, 0) is 36.8 Å². The van der Waals surface area contributed by atoms with E-state index in [4.69, 9.17) is 19.4 Å². The summed E-state index contributed by atoms with van der Waals surface area (Å²) in [4.78, 5) is 16.4. The second-order valence-electron chi connectivity index (χ2n) is 8.17. The smallest absolute Gasteiger partial charge is 0.236 e. The Morgan fingerprint density at radius 2 is 1.48 bits per heavy atom. The van der Waals surface area contributed by atoms with Gasteiger partial charge < -0.3 is 14.4 Å². The molecule has 0 spiro atoms. The molecule has 0 saturated heterocycles. The molecule has 0 aromatic carbocycles. The summed E-state index contributed by atoms with van der Waals surface area (Å²) < 4.78 is 12.0. The van der Waals surface area contributed by atoms with Crippen LogP contribution in [0.2, 0.25) is 0 Å². The molecule has 160 valence electrons. The summed E-state index contributed by atoms with van der Waals surface area (Å²) in [5.41, 5.74) is 3.42. The zero-order chi connectivity index (χ0) is 21.7. The molecule has 0 unspecified atom stereocenters. The van der Waals surface area contributed by atoms with Crippen molar-refractivity contribution >= 4 is 5.82 Å². The second kappa shape index (κ2) is 9.90. The van der Waals surface area contributed by atoms with Crippen LogP contribution in [0.25, 0.3) is 11.3 Å². The van der Waals surface area contributed by atoms with Crippen molar-refractivity contribution in [2.24, 2.45) is 11.8 Å². The summed E-state index contributed by atoms with van der Waals surface area (Å²) >= 11 is 0. The fourth-order valence-electron chi connectivity index (χ4n) is 3.46. The molecule has 2 aromatic rings. The molecule has 0 fully saturated rings. The fourth-order valence-corrected chi connectivity index (χ4v) is 3.46. The number of hydrogen-bond acceptors (Lipinski definition) is 6. The first kappa shape index (κ1) is 22.9. The lowest BCUT2D eigenvalue weighted by molar-refractivity contribution is 0.0976. The highest BCUT2D eigenvalue weighted by Crippen LogP contribution is 2.33. The van der Waals surface area contributed by atoms with Crippen molar-refractivity contribution in [1.82, 2.24) is 15.0 Å². The number of methoxy groups -OCH3 is 1. The molecule has 0 amide bonds. The minimum Gasteiger partial charge on any atom is -0.480 e. The van der Waals surface area contributed by atoms with Gasteiger partial charge >= 0.3 is 0 Å². The van der Waals surface area contributed by atoms with Gasteiger partial charge in [-0.15, -0.1) is 0 Å². The van der Waals surface area contributed by atoms with E-state index >= 15 is 0 Å². The summed E-state index contributed by atoms with van der Waals surface area (Å²) in [5.74, 6) is 2.84. The number of nitrogens with zero attached hydrogens (tertiary/aromatic N) is 4. The third kappa shape index (κ3) is 5.17. The van der Waals surface area contributed by atoms with Crippen molar-refractivity contribution < 1.29 is 9.47 Å². The molecule has 29 heavy (non-hydrogen) atoms. The molecule has 0 N–H and O–H groups in total. The molecule has 2 rings (SSSR count). The highest BCUT2D eigenvalue weighted by atomic mass is 16.5. The zero-order valence-corrected chi connectivity index (χ0v) is 19.4. The summed E-state index contributed by atoms with van der Waals surface area (Å²) in [5, 5.41) is 0. The van der Waals surface area contributed by atoms with E-state index < -0.39 is 0 Å². The standard InChI is InChI=1S/C23H36N4O2/c1-10-17-20(16-12-13-19(27(7)8)26-22(16)28-9)24-18(11-2)23(25-17)29-21(14(3)4)15(5)6/h12-15,21H,10-11H2,1-9H3. The van der Waals surface area contributed by atoms with Crippen LogP contribution in [0.3, 0.4) is 0 Å². The van der Waals surface area contributed by atoms with Gasteiger partial charge in [0, 0.05) is 14.1 Å². The molecular weight excluding hydrogens is 364 g/mol. The van der Waals surface area contributed by atoms with Crippen LogP contribution in [0.4, 0.5) is 5.82 Å². The predicted octanol–water partition coefficient (Wildman–Crippen LogP) is 4.80. The number of pyridine rings is 1. The van der Waals surface area contributed by atoms with Crippen LogP contribution in [0, 0.1) is 11.8 Å². The number of rotatable bonds is 9. The summed E-state index contributed by atoms with van der Waals surface area (Å²) in [6, 6.07) is 3.98. The monoisotopic (exact) mass is 400 g/mol. The van der Waals surface area contributed by atoms with Gasteiger partial charge in [-0.25, -0.2) is 9.97 Å². The quantitative estimate of drug-likeness (QED) is 0.603. The number of aryl methyl sites for hydroxylation is 2. The predicted molar refractivity (Wildman–Crippen MR) is 119 cm³/mol. The molecular formula is C23H36N4O2. The minimum atomic E-state index is 0.0979. The largest absolute Gasteiger partial charge is 0.480 e. The van der Waals surface area contributed by atoms with Crippen molar-refractivity contribution in [2.45, 2.75) is 60.5 Å². The molecule has 0 radical (unpaired) electrons. The molecule has 2 heterocycles. The van der Waals surface area contributed by atoms with E-state index in [0.717, 1.165) is 41.3 Å². The van der Waals surface area contributed by atoms with Crippen molar-refractivity contribution in [3.05, 3.63) is 23.5 Å². The maximum atomic E-state index is 6.37. The molecule has 2 aromatic heterocycles. The van der Waals surface area contributed by atoms with Crippen molar-refractivity contribution in [2.75, 3.05) is 26.1 Å². The number of hydrogen-bond donors (Lipinski definition) is 0. The van der Waals surface area contributed by atoms with Crippen LogP contribution in [0.1, 0.15) is 52.9 Å². The van der Waals surface area contributed by atoms with Gasteiger partial charge in [-0.3, -0.25) is 0 Å². The zero-order valence-electron chi connectivity index (χ0n) is 19.4. The van der Waals surface area contributed by atoms with Crippen LogP contribution in [-0.4, -0.2) is 42.3 Å². The first-order chi connectivity index (χ1) is 13.7. The lowest BCUT2D eigenvalue weighted by Gasteiger charge is -2.27. The lowest BCUT2D eigenvalue weighted by atomic mass is 9.96. The van der Waals surface area contributed by atoms with Gasteiger partial charge in [0.25, 0.3) is 0 Å². The lowest BCUT2D eigenvalue weighted by Crippen LogP contribution is -2.30. The molecule has 0 bridgehead atoms. The Bertz CT molecular complexity index is 811. The van der Waals surface area contributed by atoms with E-state index in [2.05, 4.69) is 46.5 Å². The van der Waals surface area contributed by atoms with E-state index in [0.29, 0.717) is 23.6 Å². The Hall–Kier alpha value is -2.37. The Morgan fingerprint density at radius 3 is 1.97 bits per heavy atom. The topological polar surface area (TPSA) is 60.4 Å². The minimum absolute atomic E-state index is 0.0979. The number of anilines is 1. The van der Waals surface area contributed by atoms with Gasteiger partial charge in [0.1, 0.15) is 17.6 Å². The van der Waals surface area contributed by atoms with Gasteiger partial charge in [-0.1, -0.05) is 41.5 Å². The van der Waals surface area contributed by atoms with Crippen LogP contribution in [-0.2, 0) is 12.8 Å². The van der Waals surface area contributed by atoms with E-state index in [1.54, 1.807) is 7.11 Å². The van der Waals surface area contributed by atoms with Crippen LogP contribution in [0.5, 0.6) is 11.8 Å². The van der Waals surface area contributed by atoms with Gasteiger partial charge in [0.15, 0.2) is 0 Å². The molecule has 0 aliphatic carbocycles. The van der Waals surface area contributed by atoms with Crippen LogP contribution < -0.4 is 14.4 Å². The maximum absolute atomic E-state index is 6.37. The first-order valence-electron chi connectivity index (χ1n) is 10.5. The van der Waals surface area contributed by atoms with Crippen molar-refractivity contribution in [3.63, 3.8) is 0 Å². The Balaban J connectivity index is 2.58. The van der Waals surface area contributed by atoms with Gasteiger partial charge in [-0.2, -0.15) is 4.98 Å². The molecule has 0 atom stereocenters. The van der Waals surface area contributed by atoms with E-state index in [9.17, 15) is 0 Å². The van der Waals surface area contributed by atoms with Crippen molar-refractivity contribution in [3.8, 4) is 23.0 Å². The summed E-state index contributed by atoms with van der Waals surface area (Å²) in [7, 11) is 5.55. The molecule has 6 heteroatoms. The van der Waals surface area contributed by atoms with E-state index in [-0.39, 0.29) is 6.10 Å². The first-order valence-corrected chi connectivity index (χ1v) is 10.5. The molecule has 0 aliphatic rings. The summed E-state index contributed by atoms with van der Waals surface area (Å²) in [6.07, 6.45) is 1.59. The Labute approximate surface area is 175 Å². The normalized spacial score (nSPS) is 11.4. The summed E-state index contributed by atoms with van der Waals surface area (Å²) in [6.45, 7) is 12.9. The Morgan fingerprint density at radius 1 is 0.862 bits per heavy atom. The van der Waals surface area contributed by atoms with Crippen molar-refractivity contribution in [1.29, 1.82) is 0 Å². The number of aromatic nitrogens is 3. The van der Waals surface area contributed by atoms with E-state index in [1.807, 2.05) is 31.1 Å². The average molecular weight is 401 g/mol. The SMILES string of the molecule is CCc1nc(-c2ccc(N(C)C)nc2OC)c(CC)nc1OC(C(C)C)C(C)C. The van der Waals surface area contributed by atoms with Crippen LogP contribution >= 0.6 is 0 Å². The number of ether oxygens (including phenoxy) is 2. The third-order valence-corrected chi connectivity index (χ3v) is 4.99. The molecule has 6 nitrogen and oxygen atoms in total. The maximum Gasteiger partial charge on any atom is 0.236 e. The van der Waals surface area contributed by atoms with Crippen LogP contribution in [0.15, 0.2) is 12.1 Å². The second-order valence-corrected chi connectivity index (χ2v) is 8.17. The van der Waals surface area contributed by atoms with Gasteiger partial charge in [0.2, 0.25) is 11.8 Å². The van der Waals surface area contributed by atoms with Gasteiger partial charge in [0.05, 0.1) is 24.1 Å². The fraction of sp³-hybridized carbons (Fsp3) is 0.609. The molecule has 0 saturated carbocycles. The highest BCUT2D eigenvalue weighted by Gasteiger charge is 2.24. The average Bonchev–Trinajstić information content (AvgIpc) is 2.70. The Kier molecular flexibility index (Phi) is 7.82.